The van der Waals surface area contributed by atoms with Crippen molar-refractivity contribution in [2.75, 3.05) is 26.0 Å². The molecule has 5 rings (SSSR count). The van der Waals surface area contributed by atoms with Crippen molar-refractivity contribution in [2.45, 2.75) is 18.9 Å². The molecule has 5 heterocycles. The number of aromatic nitrogens is 5. The molecule has 1 aliphatic heterocycles. The fourth-order valence-electron chi connectivity index (χ4n) is 3.89. The number of likely N-dealkylation sites (tertiary alicyclic amines) is 1. The molecule has 1 saturated heterocycles. The number of aromatic amines is 1. The van der Waals surface area contributed by atoms with Gasteiger partial charge in [-0.1, -0.05) is 0 Å². The summed E-state index contributed by atoms with van der Waals surface area (Å²) in [4.78, 5) is 29.6. The summed E-state index contributed by atoms with van der Waals surface area (Å²) in [6.07, 6.45) is 8.01. The van der Waals surface area contributed by atoms with Crippen LogP contribution in [-0.4, -0.2) is 61.9 Å². The number of ether oxygens (including phenoxy) is 1. The number of methoxy groups -OCH3 is 1. The molecule has 9 nitrogen and oxygen atoms in total. The monoisotopic (exact) mass is 409 g/mol. The molecule has 4 aromatic heterocycles. The summed E-state index contributed by atoms with van der Waals surface area (Å²) in [7, 11) is 3.32. The number of anilines is 1. The zero-order valence-corrected chi connectivity index (χ0v) is 16.5. The molecule has 1 aliphatic rings. The van der Waals surface area contributed by atoms with Crippen LogP contribution in [0.15, 0.2) is 30.9 Å². The minimum absolute atomic E-state index is 0.0574. The van der Waals surface area contributed by atoms with E-state index >= 15 is 0 Å². The molecule has 1 fully saturated rings. The molecule has 30 heavy (non-hydrogen) atoms. The normalized spacial score (nSPS) is 17.1. The Balaban J connectivity index is 1.53. The first-order valence-corrected chi connectivity index (χ1v) is 9.59. The molecule has 0 radical (unpaired) electrons. The van der Waals surface area contributed by atoms with Gasteiger partial charge in [0, 0.05) is 62.0 Å². The molecule has 4 aromatic rings. The minimum atomic E-state index is -0.416. The lowest BCUT2D eigenvalue weighted by atomic mass is 10.1. The van der Waals surface area contributed by atoms with E-state index in [4.69, 9.17) is 4.74 Å². The number of rotatable bonds is 4. The van der Waals surface area contributed by atoms with Gasteiger partial charge in [0.25, 0.3) is 0 Å². The number of hydrogen-bond donors (Lipinski definition) is 2. The van der Waals surface area contributed by atoms with Crippen LogP contribution in [0.4, 0.5) is 10.3 Å². The van der Waals surface area contributed by atoms with Gasteiger partial charge in [-0.25, -0.2) is 9.37 Å². The zero-order chi connectivity index (χ0) is 20.8. The summed E-state index contributed by atoms with van der Waals surface area (Å²) >= 11 is 0. The molecule has 0 bridgehead atoms. The SMILES string of the molecule is COc1nc(N[C@H]2CCC(=O)N(C)C2)nc2[nH]cc(-c3cc(F)c4nccn4c3)c12. The summed E-state index contributed by atoms with van der Waals surface area (Å²) in [5.74, 6) is 0.515. The van der Waals surface area contributed by atoms with Crippen LogP contribution in [0.25, 0.3) is 27.8 Å². The fraction of sp³-hybridized carbons (Fsp3) is 0.300. The van der Waals surface area contributed by atoms with E-state index in [9.17, 15) is 9.18 Å². The Kier molecular flexibility index (Phi) is 4.27. The van der Waals surface area contributed by atoms with Gasteiger partial charge in [0.1, 0.15) is 5.65 Å². The molecule has 0 saturated carbocycles. The second kappa shape index (κ2) is 6.97. The molecule has 10 heteroatoms. The van der Waals surface area contributed by atoms with E-state index in [0.717, 1.165) is 5.56 Å². The third kappa shape index (κ3) is 3.00. The second-order valence-electron chi connectivity index (χ2n) is 7.37. The van der Waals surface area contributed by atoms with Gasteiger partial charge in [-0.15, -0.1) is 0 Å². The number of amides is 1. The standard InChI is InChI=1S/C20H20FN7O2/c1-27-10-12(3-4-15(27)29)24-20-25-17-16(19(26-20)30-2)13(8-23-17)11-7-14(21)18-22-5-6-28(18)9-11/h5-9,12H,3-4,10H2,1-2H3,(H2,23,24,25,26)/t12-/m0/s1. The topological polar surface area (TPSA) is 100 Å². The number of fused-ring (bicyclic) bond motifs is 2. The van der Waals surface area contributed by atoms with E-state index in [1.165, 1.54) is 13.2 Å². The van der Waals surface area contributed by atoms with Crippen LogP contribution < -0.4 is 10.1 Å². The first-order chi connectivity index (χ1) is 14.5. The lowest BCUT2D eigenvalue weighted by Gasteiger charge is -2.30. The van der Waals surface area contributed by atoms with Crippen LogP contribution in [0.3, 0.4) is 0 Å². The Morgan fingerprint density at radius 1 is 1.37 bits per heavy atom. The second-order valence-corrected chi connectivity index (χ2v) is 7.37. The minimum Gasteiger partial charge on any atom is -0.480 e. The number of imidazole rings is 1. The van der Waals surface area contributed by atoms with Crippen LogP contribution in [-0.2, 0) is 4.79 Å². The summed E-state index contributed by atoms with van der Waals surface area (Å²) < 4.78 is 21.6. The number of nitrogens with one attached hydrogen (secondary N) is 2. The molecular weight excluding hydrogens is 389 g/mol. The van der Waals surface area contributed by atoms with E-state index in [0.29, 0.717) is 47.8 Å². The highest BCUT2D eigenvalue weighted by Gasteiger charge is 2.24. The highest BCUT2D eigenvalue weighted by molar-refractivity contribution is 5.97. The van der Waals surface area contributed by atoms with E-state index in [1.54, 1.807) is 41.1 Å². The highest BCUT2D eigenvalue weighted by Crippen LogP contribution is 2.35. The van der Waals surface area contributed by atoms with Crippen molar-refractivity contribution >= 4 is 28.5 Å². The summed E-state index contributed by atoms with van der Waals surface area (Å²) in [5.41, 5.74) is 2.22. The molecular formula is C20H20FN7O2. The van der Waals surface area contributed by atoms with Gasteiger partial charge < -0.3 is 24.3 Å². The maximum absolute atomic E-state index is 14.4. The number of halogens is 1. The van der Waals surface area contributed by atoms with Crippen molar-refractivity contribution < 1.29 is 13.9 Å². The zero-order valence-electron chi connectivity index (χ0n) is 16.5. The fourth-order valence-corrected chi connectivity index (χ4v) is 3.89. The summed E-state index contributed by atoms with van der Waals surface area (Å²) in [6.45, 7) is 0.586. The third-order valence-electron chi connectivity index (χ3n) is 5.41. The van der Waals surface area contributed by atoms with Crippen molar-refractivity contribution in [2.24, 2.45) is 0 Å². The molecule has 1 atom stereocenters. The first-order valence-electron chi connectivity index (χ1n) is 9.59. The number of hydrogen-bond acceptors (Lipinski definition) is 6. The lowest BCUT2D eigenvalue weighted by molar-refractivity contribution is -0.132. The van der Waals surface area contributed by atoms with Crippen LogP contribution >= 0.6 is 0 Å². The Morgan fingerprint density at radius 2 is 2.23 bits per heavy atom. The van der Waals surface area contributed by atoms with Crippen LogP contribution in [0.2, 0.25) is 0 Å². The van der Waals surface area contributed by atoms with E-state index in [1.807, 2.05) is 0 Å². The summed E-state index contributed by atoms with van der Waals surface area (Å²) in [6, 6.07) is 1.49. The van der Waals surface area contributed by atoms with E-state index < -0.39 is 5.82 Å². The van der Waals surface area contributed by atoms with Gasteiger partial charge in [0.15, 0.2) is 11.5 Å². The Bertz CT molecular complexity index is 1260. The van der Waals surface area contributed by atoms with Crippen molar-refractivity contribution in [3.63, 3.8) is 0 Å². The predicted octanol–water partition coefficient (Wildman–Crippen LogP) is 2.45. The van der Waals surface area contributed by atoms with Crippen LogP contribution in [0.1, 0.15) is 12.8 Å². The number of carbonyl (C=O) groups is 1. The molecule has 0 aliphatic carbocycles. The number of H-pyrrole nitrogens is 1. The maximum Gasteiger partial charge on any atom is 0.228 e. The van der Waals surface area contributed by atoms with Gasteiger partial charge >= 0.3 is 0 Å². The van der Waals surface area contributed by atoms with Gasteiger partial charge in [-0.05, 0) is 12.5 Å². The number of piperidine rings is 1. The van der Waals surface area contributed by atoms with Gasteiger partial charge in [-0.2, -0.15) is 9.97 Å². The number of carbonyl (C=O) groups excluding carboxylic acids is 1. The molecule has 0 aromatic carbocycles. The number of likely N-dealkylation sites (N-methyl/N-ethyl adjacent to an activating group) is 1. The Morgan fingerprint density at radius 3 is 3.03 bits per heavy atom. The van der Waals surface area contributed by atoms with Crippen molar-refractivity contribution in [3.8, 4) is 17.0 Å². The van der Waals surface area contributed by atoms with Crippen LogP contribution in [0.5, 0.6) is 5.88 Å². The van der Waals surface area contributed by atoms with Crippen molar-refractivity contribution in [1.29, 1.82) is 0 Å². The smallest absolute Gasteiger partial charge is 0.228 e. The Hall–Kier alpha value is -3.69. The lowest BCUT2D eigenvalue weighted by Crippen LogP contribution is -2.43. The molecule has 0 unspecified atom stereocenters. The highest BCUT2D eigenvalue weighted by atomic mass is 19.1. The van der Waals surface area contributed by atoms with Crippen LogP contribution in [0, 0.1) is 5.82 Å². The Labute approximate surface area is 170 Å². The summed E-state index contributed by atoms with van der Waals surface area (Å²) in [5, 5.41) is 3.95. The molecule has 2 N–H and O–H groups in total. The van der Waals surface area contributed by atoms with Gasteiger partial charge in [0.2, 0.25) is 17.7 Å². The molecule has 0 spiro atoms. The largest absolute Gasteiger partial charge is 0.480 e. The average Bonchev–Trinajstić information content (AvgIpc) is 3.37. The maximum atomic E-state index is 14.4. The third-order valence-corrected chi connectivity index (χ3v) is 5.41. The first kappa shape index (κ1) is 18.3. The van der Waals surface area contributed by atoms with E-state index in [-0.39, 0.29) is 17.6 Å². The van der Waals surface area contributed by atoms with Gasteiger partial charge in [0.05, 0.1) is 12.5 Å². The number of pyridine rings is 1. The predicted molar refractivity (Wildman–Crippen MR) is 109 cm³/mol. The van der Waals surface area contributed by atoms with Crippen molar-refractivity contribution in [3.05, 3.63) is 36.7 Å². The van der Waals surface area contributed by atoms with Crippen molar-refractivity contribution in [1.82, 2.24) is 29.2 Å². The molecule has 1 amide bonds. The van der Waals surface area contributed by atoms with E-state index in [2.05, 4.69) is 25.3 Å². The number of nitrogens with zero attached hydrogens (tertiary/aromatic N) is 5. The molecule has 154 valence electrons. The average molecular weight is 409 g/mol. The quantitative estimate of drug-likeness (QED) is 0.537. The van der Waals surface area contributed by atoms with Gasteiger partial charge in [-0.3, -0.25) is 4.79 Å².